The van der Waals surface area contributed by atoms with E-state index in [9.17, 15) is 9.90 Å². The number of rotatable bonds is 1. The predicted octanol–water partition coefficient (Wildman–Crippen LogP) is 4.83. The van der Waals surface area contributed by atoms with Crippen LogP contribution in [0.4, 0.5) is 0 Å². The second-order valence-electron chi connectivity index (χ2n) is 9.52. The topological polar surface area (TPSA) is 37.3 Å². The highest BCUT2D eigenvalue weighted by molar-refractivity contribution is 5.95. The maximum absolute atomic E-state index is 12.2. The zero-order chi connectivity index (χ0) is 17.3. The molecule has 0 heterocycles. The van der Waals surface area contributed by atoms with Gasteiger partial charge in [-0.05, 0) is 93.0 Å². The summed E-state index contributed by atoms with van der Waals surface area (Å²) in [7, 11) is 0. The first-order valence-electron chi connectivity index (χ1n) is 9.86. The fourth-order valence-corrected chi connectivity index (χ4v) is 7.21. The average Bonchev–Trinajstić information content (AvgIpc) is 2.87. The van der Waals surface area contributed by atoms with Crippen molar-refractivity contribution >= 4 is 5.78 Å². The lowest BCUT2D eigenvalue weighted by Crippen LogP contribution is -2.51. The third kappa shape index (κ3) is 2.08. The van der Waals surface area contributed by atoms with E-state index in [1.54, 1.807) is 12.5 Å². The molecule has 2 nitrogen and oxygen atoms in total. The summed E-state index contributed by atoms with van der Waals surface area (Å²) in [5.74, 6) is 2.37. The smallest absolute Gasteiger partial charge is 0.156 e. The molecule has 0 aliphatic heterocycles. The number of Topliss-reactive ketones (excluding diaryl/α,β-unsaturated/α-hetero) is 1. The number of ketones is 1. The molecule has 2 fully saturated rings. The molecule has 1 N–H and O–H groups in total. The zero-order valence-electron chi connectivity index (χ0n) is 15.7. The molecule has 0 spiro atoms. The molecule has 0 aromatic carbocycles. The van der Waals surface area contributed by atoms with Crippen LogP contribution >= 0.6 is 0 Å². The van der Waals surface area contributed by atoms with E-state index in [2.05, 4.69) is 26.8 Å². The van der Waals surface area contributed by atoms with E-state index in [0.717, 1.165) is 43.6 Å². The molecule has 6 atom stereocenters. The molecule has 2 heteroatoms. The molecule has 0 saturated heterocycles. The summed E-state index contributed by atoms with van der Waals surface area (Å²) in [5.41, 5.74) is 4.62. The third-order valence-corrected chi connectivity index (χ3v) is 8.40. The van der Waals surface area contributed by atoms with Gasteiger partial charge in [-0.3, -0.25) is 4.79 Å². The van der Waals surface area contributed by atoms with Gasteiger partial charge in [0, 0.05) is 0 Å². The lowest BCUT2D eigenvalue weighted by molar-refractivity contribution is -0.115. The average molecular weight is 328 g/mol. The van der Waals surface area contributed by atoms with Gasteiger partial charge >= 0.3 is 0 Å². The van der Waals surface area contributed by atoms with E-state index in [1.165, 1.54) is 18.4 Å². The van der Waals surface area contributed by atoms with Crippen molar-refractivity contribution in [3.63, 3.8) is 0 Å². The van der Waals surface area contributed by atoms with Crippen molar-refractivity contribution in [3.05, 3.63) is 22.8 Å². The monoisotopic (exact) mass is 328 g/mol. The fourth-order valence-electron chi connectivity index (χ4n) is 7.21. The summed E-state index contributed by atoms with van der Waals surface area (Å²) in [4.78, 5) is 12.2. The molecule has 2 saturated carbocycles. The van der Waals surface area contributed by atoms with Crippen molar-refractivity contribution in [2.75, 3.05) is 0 Å². The largest absolute Gasteiger partial charge is 0.393 e. The maximum Gasteiger partial charge on any atom is 0.156 e. The molecular formula is C22H32O2. The Bertz CT molecular complexity index is 642. The molecule has 0 aromatic rings. The Hall–Kier alpha value is -0.890. The number of carbonyl (C=O) groups excluding carboxylic acids is 1. The quantitative estimate of drug-likeness (QED) is 0.700. The molecule has 0 aromatic heterocycles. The number of aliphatic hydroxyl groups is 1. The minimum Gasteiger partial charge on any atom is -0.393 e. The second kappa shape index (κ2) is 5.30. The molecular weight excluding hydrogens is 296 g/mol. The first-order chi connectivity index (χ1) is 11.3. The highest BCUT2D eigenvalue weighted by Crippen LogP contribution is 2.66. The van der Waals surface area contributed by atoms with Gasteiger partial charge in [0.25, 0.3) is 0 Å². The van der Waals surface area contributed by atoms with Gasteiger partial charge < -0.3 is 5.11 Å². The summed E-state index contributed by atoms with van der Waals surface area (Å²) in [6, 6.07) is 0. The summed E-state index contributed by atoms with van der Waals surface area (Å²) in [6.45, 7) is 8.89. The van der Waals surface area contributed by atoms with Crippen LogP contribution in [0.15, 0.2) is 22.8 Å². The molecule has 4 aliphatic carbocycles. The van der Waals surface area contributed by atoms with Crippen molar-refractivity contribution in [3.8, 4) is 0 Å². The maximum atomic E-state index is 12.2. The SMILES string of the molecule is CC(=O)C1=CCC2C3CC(C)=C4CC(O)CCC4(C)C3CCC12C. The van der Waals surface area contributed by atoms with Crippen molar-refractivity contribution in [2.24, 2.45) is 28.6 Å². The van der Waals surface area contributed by atoms with E-state index < -0.39 is 0 Å². The van der Waals surface area contributed by atoms with Gasteiger partial charge in [0.1, 0.15) is 0 Å². The molecule has 132 valence electrons. The van der Waals surface area contributed by atoms with Gasteiger partial charge in [-0.1, -0.05) is 31.1 Å². The minimum absolute atomic E-state index is 0.106. The van der Waals surface area contributed by atoms with E-state index >= 15 is 0 Å². The van der Waals surface area contributed by atoms with Crippen LogP contribution in [-0.4, -0.2) is 17.0 Å². The van der Waals surface area contributed by atoms with Gasteiger partial charge in [-0.2, -0.15) is 0 Å². The Labute approximate surface area is 146 Å². The van der Waals surface area contributed by atoms with Crippen molar-refractivity contribution in [2.45, 2.75) is 78.7 Å². The molecule has 0 bridgehead atoms. The summed E-state index contributed by atoms with van der Waals surface area (Å²) >= 11 is 0. The Morgan fingerprint density at radius 2 is 1.83 bits per heavy atom. The van der Waals surface area contributed by atoms with Gasteiger partial charge in [0.05, 0.1) is 6.10 Å². The van der Waals surface area contributed by atoms with E-state index in [4.69, 9.17) is 0 Å². The number of allylic oxidation sites excluding steroid dienone is 3. The van der Waals surface area contributed by atoms with Gasteiger partial charge in [-0.15, -0.1) is 0 Å². The molecule has 24 heavy (non-hydrogen) atoms. The Balaban J connectivity index is 1.71. The van der Waals surface area contributed by atoms with Crippen LogP contribution in [-0.2, 0) is 4.79 Å². The van der Waals surface area contributed by atoms with Gasteiger partial charge in [0.2, 0.25) is 0 Å². The summed E-state index contributed by atoms with van der Waals surface area (Å²) in [5, 5.41) is 10.2. The molecule has 6 unspecified atom stereocenters. The zero-order valence-corrected chi connectivity index (χ0v) is 15.7. The lowest BCUT2D eigenvalue weighted by atomic mass is 9.46. The van der Waals surface area contributed by atoms with Crippen molar-refractivity contribution < 1.29 is 9.90 Å². The first kappa shape index (κ1) is 16.6. The standard InChI is InChI=1S/C22H32O2/c1-13-11-16-18-6-5-17(14(2)23)21(18,3)10-8-19(16)22(4)9-7-15(24)12-20(13)22/h5,15-16,18-19,24H,6-12H2,1-4H3. The van der Waals surface area contributed by atoms with Crippen LogP contribution < -0.4 is 0 Å². The minimum atomic E-state index is -0.133. The molecule has 4 rings (SSSR count). The Morgan fingerprint density at radius 1 is 1.12 bits per heavy atom. The van der Waals surface area contributed by atoms with Gasteiger partial charge in [0.15, 0.2) is 5.78 Å². The molecule has 0 amide bonds. The van der Waals surface area contributed by atoms with Crippen molar-refractivity contribution in [1.82, 2.24) is 0 Å². The molecule has 4 aliphatic rings. The van der Waals surface area contributed by atoms with Crippen LogP contribution in [0.3, 0.4) is 0 Å². The van der Waals surface area contributed by atoms with Crippen LogP contribution in [0.2, 0.25) is 0 Å². The highest BCUT2D eigenvalue weighted by Gasteiger charge is 2.57. The first-order valence-corrected chi connectivity index (χ1v) is 9.86. The second-order valence-corrected chi connectivity index (χ2v) is 9.52. The predicted molar refractivity (Wildman–Crippen MR) is 96.5 cm³/mol. The summed E-state index contributed by atoms with van der Waals surface area (Å²) < 4.78 is 0. The van der Waals surface area contributed by atoms with Crippen LogP contribution in [0, 0.1) is 28.6 Å². The van der Waals surface area contributed by atoms with Crippen LogP contribution in [0.1, 0.15) is 72.6 Å². The Morgan fingerprint density at radius 3 is 2.54 bits per heavy atom. The van der Waals surface area contributed by atoms with Crippen LogP contribution in [0.5, 0.6) is 0 Å². The van der Waals surface area contributed by atoms with Crippen molar-refractivity contribution in [1.29, 1.82) is 0 Å². The number of carbonyl (C=O) groups is 1. The highest BCUT2D eigenvalue weighted by atomic mass is 16.3. The molecule has 0 radical (unpaired) electrons. The van der Waals surface area contributed by atoms with Gasteiger partial charge in [-0.25, -0.2) is 0 Å². The van der Waals surface area contributed by atoms with Crippen LogP contribution in [0.25, 0.3) is 0 Å². The van der Waals surface area contributed by atoms with E-state index in [0.29, 0.717) is 11.8 Å². The number of hydrogen-bond acceptors (Lipinski definition) is 2. The Kier molecular flexibility index (Phi) is 3.66. The normalized spacial score (nSPS) is 47.6. The fraction of sp³-hybridized carbons (Fsp3) is 0.773. The van der Waals surface area contributed by atoms with E-state index in [1.807, 2.05) is 0 Å². The lowest BCUT2D eigenvalue weighted by Gasteiger charge is -2.58. The van der Waals surface area contributed by atoms with E-state index in [-0.39, 0.29) is 22.7 Å². The summed E-state index contributed by atoms with van der Waals surface area (Å²) in [6.07, 6.45) is 9.79. The number of fused-ring (bicyclic) bond motifs is 5. The number of aliphatic hydroxyl groups excluding tert-OH is 1. The number of hydrogen-bond donors (Lipinski definition) is 1. The third-order valence-electron chi connectivity index (χ3n) is 8.40.